The van der Waals surface area contributed by atoms with E-state index in [2.05, 4.69) is 10.3 Å². The van der Waals surface area contributed by atoms with Gasteiger partial charge in [-0.15, -0.1) is 0 Å². The lowest BCUT2D eigenvalue weighted by atomic mass is 10.2. The van der Waals surface area contributed by atoms with Gasteiger partial charge >= 0.3 is 0 Å². The van der Waals surface area contributed by atoms with Crippen molar-refractivity contribution in [2.24, 2.45) is 0 Å². The van der Waals surface area contributed by atoms with E-state index in [0.29, 0.717) is 6.07 Å². The summed E-state index contributed by atoms with van der Waals surface area (Å²) < 4.78 is 39.1. The molecule has 0 fully saturated rings. The Bertz CT molecular complexity index is 602. The van der Waals surface area contributed by atoms with Gasteiger partial charge in [0.05, 0.1) is 5.69 Å². The summed E-state index contributed by atoms with van der Waals surface area (Å²) in [6.07, 6.45) is 1.24. The molecule has 0 saturated heterocycles. The van der Waals surface area contributed by atoms with E-state index in [1.165, 1.54) is 12.3 Å². The molecule has 0 radical (unpaired) electrons. The van der Waals surface area contributed by atoms with Crippen molar-refractivity contribution in [1.82, 2.24) is 4.98 Å². The predicted molar refractivity (Wildman–Crippen MR) is 58.5 cm³/mol. The van der Waals surface area contributed by atoms with Gasteiger partial charge in [-0.3, -0.25) is 4.79 Å². The second-order valence-corrected chi connectivity index (χ2v) is 3.41. The summed E-state index contributed by atoms with van der Waals surface area (Å²) in [6.45, 7) is 0. The molecule has 1 aromatic carbocycles. The second kappa shape index (κ2) is 4.87. The van der Waals surface area contributed by atoms with Crippen LogP contribution in [0, 0.1) is 17.5 Å². The number of hydrogen-bond acceptors (Lipinski definition) is 2. The van der Waals surface area contributed by atoms with Gasteiger partial charge in [0, 0.05) is 12.3 Å². The summed E-state index contributed by atoms with van der Waals surface area (Å²) in [5, 5.41) is 2.11. The fraction of sp³-hybridized carbons (Fsp3) is 0. The Kier molecular flexibility index (Phi) is 3.27. The van der Waals surface area contributed by atoms with Crippen molar-refractivity contribution in [1.29, 1.82) is 0 Å². The second-order valence-electron chi connectivity index (χ2n) is 3.41. The Morgan fingerprint density at radius 2 is 1.89 bits per heavy atom. The molecule has 0 saturated carbocycles. The molecule has 1 aromatic heterocycles. The molecule has 0 atom stereocenters. The third kappa shape index (κ3) is 2.48. The Hall–Kier alpha value is -2.37. The summed E-state index contributed by atoms with van der Waals surface area (Å²) in [5.41, 5.74) is -0.701. The number of anilines is 1. The lowest BCUT2D eigenvalue weighted by molar-refractivity contribution is 0.101. The van der Waals surface area contributed by atoms with Crippen LogP contribution in [0.2, 0.25) is 0 Å². The predicted octanol–water partition coefficient (Wildman–Crippen LogP) is 2.75. The van der Waals surface area contributed by atoms with Crippen LogP contribution in [0.5, 0.6) is 0 Å². The van der Waals surface area contributed by atoms with Crippen molar-refractivity contribution in [3.8, 4) is 0 Å². The van der Waals surface area contributed by atoms with Crippen LogP contribution in [0.25, 0.3) is 0 Å². The van der Waals surface area contributed by atoms with E-state index in [0.717, 1.165) is 18.2 Å². The van der Waals surface area contributed by atoms with Gasteiger partial charge in [-0.05, 0) is 24.3 Å². The molecule has 2 aromatic rings. The van der Waals surface area contributed by atoms with Crippen molar-refractivity contribution in [3.05, 3.63) is 59.7 Å². The molecular formula is C12H7F3N2O. The minimum absolute atomic E-state index is 0.244. The Labute approximate surface area is 100 Å². The first-order chi connectivity index (χ1) is 8.58. The first kappa shape index (κ1) is 12.1. The van der Waals surface area contributed by atoms with E-state index < -0.39 is 29.1 Å². The Morgan fingerprint density at radius 1 is 1.11 bits per heavy atom. The van der Waals surface area contributed by atoms with E-state index in [4.69, 9.17) is 0 Å². The van der Waals surface area contributed by atoms with E-state index in [1.54, 1.807) is 0 Å². The van der Waals surface area contributed by atoms with E-state index in [-0.39, 0.29) is 5.69 Å². The standard InChI is InChI=1S/C12H7F3N2O/c13-7-3-4-10(9(15)6-7)17-12(18)11-8(14)2-1-5-16-11/h1-6H,(H,17,18). The highest BCUT2D eigenvalue weighted by Gasteiger charge is 2.14. The molecule has 1 amide bonds. The highest BCUT2D eigenvalue weighted by atomic mass is 19.1. The van der Waals surface area contributed by atoms with Gasteiger partial charge in [0.2, 0.25) is 0 Å². The molecule has 92 valence electrons. The molecule has 0 aliphatic heterocycles. The molecule has 0 spiro atoms. The van der Waals surface area contributed by atoms with Gasteiger partial charge in [-0.25, -0.2) is 18.2 Å². The summed E-state index contributed by atoms with van der Waals surface area (Å²) in [6, 6.07) is 5.02. The van der Waals surface area contributed by atoms with Crippen LogP contribution >= 0.6 is 0 Å². The normalized spacial score (nSPS) is 10.2. The van der Waals surface area contributed by atoms with E-state index >= 15 is 0 Å². The number of pyridine rings is 1. The number of amides is 1. The maximum absolute atomic E-state index is 13.3. The maximum atomic E-state index is 13.3. The SMILES string of the molecule is O=C(Nc1ccc(F)cc1F)c1ncccc1F. The molecule has 0 bridgehead atoms. The lowest BCUT2D eigenvalue weighted by Crippen LogP contribution is -2.16. The van der Waals surface area contributed by atoms with Gasteiger partial charge in [-0.1, -0.05) is 0 Å². The quantitative estimate of drug-likeness (QED) is 0.892. The molecule has 3 nitrogen and oxygen atoms in total. The molecule has 1 heterocycles. The van der Waals surface area contributed by atoms with Crippen LogP contribution < -0.4 is 5.32 Å². The summed E-state index contributed by atoms with van der Waals surface area (Å²) in [5.74, 6) is -3.44. The number of nitrogens with one attached hydrogen (secondary N) is 1. The Balaban J connectivity index is 2.24. The maximum Gasteiger partial charge on any atom is 0.277 e. The number of halogens is 3. The monoisotopic (exact) mass is 252 g/mol. The summed E-state index contributed by atoms with van der Waals surface area (Å²) in [7, 11) is 0. The van der Waals surface area contributed by atoms with Crippen molar-refractivity contribution < 1.29 is 18.0 Å². The van der Waals surface area contributed by atoms with Crippen molar-refractivity contribution in [2.75, 3.05) is 5.32 Å². The van der Waals surface area contributed by atoms with Crippen LogP contribution in [0.1, 0.15) is 10.5 Å². The zero-order chi connectivity index (χ0) is 13.1. The topological polar surface area (TPSA) is 42.0 Å². The summed E-state index contributed by atoms with van der Waals surface area (Å²) in [4.78, 5) is 15.1. The fourth-order valence-electron chi connectivity index (χ4n) is 1.33. The van der Waals surface area contributed by atoms with Gasteiger partial charge in [0.15, 0.2) is 11.5 Å². The van der Waals surface area contributed by atoms with E-state index in [9.17, 15) is 18.0 Å². The fourth-order valence-corrected chi connectivity index (χ4v) is 1.33. The number of aromatic nitrogens is 1. The van der Waals surface area contributed by atoms with Crippen LogP contribution in [-0.2, 0) is 0 Å². The number of carbonyl (C=O) groups is 1. The minimum atomic E-state index is -0.945. The zero-order valence-corrected chi connectivity index (χ0v) is 8.95. The highest BCUT2D eigenvalue weighted by Crippen LogP contribution is 2.16. The van der Waals surface area contributed by atoms with Crippen LogP contribution in [0.4, 0.5) is 18.9 Å². The van der Waals surface area contributed by atoms with Crippen molar-refractivity contribution >= 4 is 11.6 Å². The van der Waals surface area contributed by atoms with Gasteiger partial charge in [0.1, 0.15) is 11.6 Å². The first-order valence-electron chi connectivity index (χ1n) is 4.95. The molecule has 1 N–H and O–H groups in total. The summed E-state index contributed by atoms with van der Waals surface area (Å²) >= 11 is 0. The molecule has 0 unspecified atom stereocenters. The average Bonchev–Trinajstić information content (AvgIpc) is 2.33. The van der Waals surface area contributed by atoms with Gasteiger partial charge in [0.25, 0.3) is 5.91 Å². The van der Waals surface area contributed by atoms with Crippen LogP contribution in [0.15, 0.2) is 36.5 Å². The zero-order valence-electron chi connectivity index (χ0n) is 8.95. The molecule has 0 aliphatic carbocycles. The number of nitrogens with zero attached hydrogens (tertiary/aromatic N) is 1. The van der Waals surface area contributed by atoms with E-state index in [1.807, 2.05) is 0 Å². The molecular weight excluding hydrogens is 245 g/mol. The average molecular weight is 252 g/mol. The minimum Gasteiger partial charge on any atom is -0.318 e. The number of benzene rings is 1. The largest absolute Gasteiger partial charge is 0.318 e. The smallest absolute Gasteiger partial charge is 0.277 e. The Morgan fingerprint density at radius 3 is 2.56 bits per heavy atom. The van der Waals surface area contributed by atoms with Crippen molar-refractivity contribution in [3.63, 3.8) is 0 Å². The number of rotatable bonds is 2. The molecule has 18 heavy (non-hydrogen) atoms. The number of carbonyl (C=O) groups excluding carboxylic acids is 1. The number of hydrogen-bond donors (Lipinski definition) is 1. The van der Waals surface area contributed by atoms with Gasteiger partial charge in [-0.2, -0.15) is 0 Å². The van der Waals surface area contributed by atoms with Crippen molar-refractivity contribution in [2.45, 2.75) is 0 Å². The third-order valence-corrected chi connectivity index (χ3v) is 2.15. The van der Waals surface area contributed by atoms with Crippen LogP contribution in [0.3, 0.4) is 0 Å². The van der Waals surface area contributed by atoms with Gasteiger partial charge < -0.3 is 5.32 Å². The van der Waals surface area contributed by atoms with Crippen LogP contribution in [-0.4, -0.2) is 10.9 Å². The lowest BCUT2D eigenvalue weighted by Gasteiger charge is -2.06. The molecule has 6 heteroatoms. The molecule has 0 aliphatic rings. The first-order valence-corrected chi connectivity index (χ1v) is 4.95. The molecule has 2 rings (SSSR count). The highest BCUT2D eigenvalue weighted by molar-refractivity contribution is 6.03. The third-order valence-electron chi connectivity index (χ3n) is 2.15.